The SMILES string of the molecule is C#CCCCCCCC.C#CCCCCCCCC. The van der Waals surface area contributed by atoms with E-state index in [1.165, 1.54) is 70.6 Å². The van der Waals surface area contributed by atoms with Crippen molar-refractivity contribution in [1.29, 1.82) is 0 Å². The van der Waals surface area contributed by atoms with Crippen LogP contribution in [-0.2, 0) is 0 Å². The molecule has 0 aliphatic rings. The molecule has 0 unspecified atom stereocenters. The monoisotopic (exact) mass is 262 g/mol. The number of hydrogen-bond donors (Lipinski definition) is 0. The van der Waals surface area contributed by atoms with Gasteiger partial charge in [0.05, 0.1) is 0 Å². The van der Waals surface area contributed by atoms with Gasteiger partial charge in [0.1, 0.15) is 0 Å². The maximum Gasteiger partial charge on any atom is 0.00860 e. The molecule has 0 aliphatic heterocycles. The number of hydrogen-bond acceptors (Lipinski definition) is 0. The summed E-state index contributed by atoms with van der Waals surface area (Å²) in [5, 5.41) is 0. The zero-order valence-electron chi connectivity index (χ0n) is 13.3. The molecule has 0 rings (SSSR count). The van der Waals surface area contributed by atoms with Crippen LogP contribution >= 0.6 is 0 Å². The summed E-state index contributed by atoms with van der Waals surface area (Å²) in [5.41, 5.74) is 0. The number of unbranched alkanes of at least 4 members (excludes halogenated alkanes) is 11. The lowest BCUT2D eigenvalue weighted by molar-refractivity contribution is 0.614. The van der Waals surface area contributed by atoms with E-state index >= 15 is 0 Å². The van der Waals surface area contributed by atoms with Crippen LogP contribution in [0.5, 0.6) is 0 Å². The fourth-order valence-electron chi connectivity index (χ4n) is 1.84. The summed E-state index contributed by atoms with van der Waals surface area (Å²) in [6, 6.07) is 0. The predicted molar refractivity (Wildman–Crippen MR) is 89.0 cm³/mol. The van der Waals surface area contributed by atoms with Gasteiger partial charge in [-0.1, -0.05) is 71.6 Å². The lowest BCUT2D eigenvalue weighted by Crippen LogP contribution is -1.77. The van der Waals surface area contributed by atoms with Crippen LogP contribution in [0.1, 0.15) is 97.3 Å². The highest BCUT2D eigenvalue weighted by Gasteiger charge is 1.87. The van der Waals surface area contributed by atoms with Gasteiger partial charge in [0, 0.05) is 12.8 Å². The van der Waals surface area contributed by atoms with Gasteiger partial charge in [0.15, 0.2) is 0 Å². The van der Waals surface area contributed by atoms with Crippen molar-refractivity contribution in [2.24, 2.45) is 0 Å². The molecule has 0 heteroatoms. The van der Waals surface area contributed by atoms with E-state index in [-0.39, 0.29) is 0 Å². The minimum atomic E-state index is 0.962. The smallest absolute Gasteiger partial charge is 0.00860 e. The van der Waals surface area contributed by atoms with Crippen molar-refractivity contribution in [3.63, 3.8) is 0 Å². The molecule has 0 aromatic heterocycles. The Balaban J connectivity index is 0. The van der Waals surface area contributed by atoms with Crippen molar-refractivity contribution in [2.75, 3.05) is 0 Å². The molecule has 0 saturated heterocycles. The lowest BCUT2D eigenvalue weighted by Gasteiger charge is -1.95. The maximum absolute atomic E-state index is 5.12. The second-order valence-corrected chi connectivity index (χ2v) is 5.09. The van der Waals surface area contributed by atoms with Crippen LogP contribution in [0.15, 0.2) is 0 Å². The van der Waals surface area contributed by atoms with E-state index in [0.29, 0.717) is 0 Å². The largest absolute Gasteiger partial charge is 0.120 e. The van der Waals surface area contributed by atoms with E-state index in [0.717, 1.165) is 12.8 Å². The predicted octanol–water partition coefficient (Wildman–Crippen LogP) is 6.35. The second kappa shape index (κ2) is 22.3. The van der Waals surface area contributed by atoms with Crippen molar-refractivity contribution in [2.45, 2.75) is 97.3 Å². The van der Waals surface area contributed by atoms with Crippen LogP contribution < -0.4 is 0 Å². The summed E-state index contributed by atoms with van der Waals surface area (Å²) in [6.07, 6.45) is 26.7. The lowest BCUT2D eigenvalue weighted by atomic mass is 10.1. The van der Waals surface area contributed by atoms with Crippen LogP contribution in [0, 0.1) is 24.7 Å². The molecule has 0 fully saturated rings. The molecule has 0 aromatic carbocycles. The molecule has 0 heterocycles. The molecule has 0 nitrogen and oxygen atoms in total. The molecule has 110 valence electrons. The van der Waals surface area contributed by atoms with E-state index in [2.05, 4.69) is 25.7 Å². The summed E-state index contributed by atoms with van der Waals surface area (Å²) < 4.78 is 0. The molecular formula is C19H34. The van der Waals surface area contributed by atoms with Gasteiger partial charge in [-0.25, -0.2) is 0 Å². The Morgan fingerprint density at radius 3 is 1.16 bits per heavy atom. The van der Waals surface area contributed by atoms with Crippen molar-refractivity contribution >= 4 is 0 Å². The van der Waals surface area contributed by atoms with Gasteiger partial charge in [0.2, 0.25) is 0 Å². The minimum Gasteiger partial charge on any atom is -0.120 e. The Kier molecular flexibility index (Phi) is 24.0. The molecular weight excluding hydrogens is 228 g/mol. The first kappa shape index (κ1) is 20.4. The molecule has 0 N–H and O–H groups in total. The van der Waals surface area contributed by atoms with E-state index in [9.17, 15) is 0 Å². The zero-order valence-corrected chi connectivity index (χ0v) is 13.3. The third kappa shape index (κ3) is 26.6. The fourth-order valence-corrected chi connectivity index (χ4v) is 1.84. The van der Waals surface area contributed by atoms with Crippen molar-refractivity contribution in [1.82, 2.24) is 0 Å². The molecule has 0 aliphatic carbocycles. The maximum atomic E-state index is 5.12. The summed E-state index contributed by atoms with van der Waals surface area (Å²) in [7, 11) is 0. The molecule has 0 bridgehead atoms. The highest BCUT2D eigenvalue weighted by molar-refractivity contribution is 4.83. The quantitative estimate of drug-likeness (QED) is 0.300. The van der Waals surface area contributed by atoms with E-state index in [1.807, 2.05) is 0 Å². The topological polar surface area (TPSA) is 0 Å². The Morgan fingerprint density at radius 2 is 0.842 bits per heavy atom. The molecule has 0 atom stereocenters. The average Bonchev–Trinajstić information content (AvgIpc) is 2.43. The van der Waals surface area contributed by atoms with Gasteiger partial charge >= 0.3 is 0 Å². The highest BCUT2D eigenvalue weighted by atomic mass is 13.9. The molecule has 0 amide bonds. The Bertz CT molecular complexity index is 213. The number of terminal acetylenes is 2. The van der Waals surface area contributed by atoms with E-state index < -0.39 is 0 Å². The normalized spacial score (nSPS) is 9.05. The third-order valence-electron chi connectivity index (χ3n) is 3.10. The minimum absolute atomic E-state index is 0.962. The Morgan fingerprint density at radius 1 is 0.526 bits per heavy atom. The van der Waals surface area contributed by atoms with Crippen LogP contribution in [-0.4, -0.2) is 0 Å². The van der Waals surface area contributed by atoms with Gasteiger partial charge in [-0.2, -0.15) is 0 Å². The average molecular weight is 262 g/mol. The zero-order chi connectivity index (χ0) is 14.6. The van der Waals surface area contributed by atoms with Crippen LogP contribution in [0.3, 0.4) is 0 Å². The summed E-state index contributed by atoms with van der Waals surface area (Å²) in [6.45, 7) is 4.46. The summed E-state index contributed by atoms with van der Waals surface area (Å²) in [5.74, 6) is 5.30. The van der Waals surface area contributed by atoms with Gasteiger partial charge in [-0.3, -0.25) is 0 Å². The van der Waals surface area contributed by atoms with E-state index in [1.54, 1.807) is 0 Å². The fraction of sp³-hybridized carbons (Fsp3) is 0.789. The van der Waals surface area contributed by atoms with E-state index in [4.69, 9.17) is 12.8 Å². The molecule has 0 aromatic rings. The van der Waals surface area contributed by atoms with Crippen molar-refractivity contribution < 1.29 is 0 Å². The summed E-state index contributed by atoms with van der Waals surface area (Å²) >= 11 is 0. The van der Waals surface area contributed by atoms with Gasteiger partial charge in [-0.15, -0.1) is 24.7 Å². The van der Waals surface area contributed by atoms with Gasteiger partial charge in [0.25, 0.3) is 0 Å². The van der Waals surface area contributed by atoms with Crippen LogP contribution in [0.2, 0.25) is 0 Å². The van der Waals surface area contributed by atoms with Crippen LogP contribution in [0.4, 0.5) is 0 Å². The van der Waals surface area contributed by atoms with Crippen molar-refractivity contribution in [3.8, 4) is 24.7 Å². The first-order chi connectivity index (χ1) is 9.33. The highest BCUT2D eigenvalue weighted by Crippen LogP contribution is 2.05. The summed E-state index contributed by atoms with van der Waals surface area (Å²) in [4.78, 5) is 0. The molecule has 0 saturated carbocycles. The first-order valence-corrected chi connectivity index (χ1v) is 8.20. The van der Waals surface area contributed by atoms with Gasteiger partial charge in [-0.05, 0) is 12.8 Å². The second-order valence-electron chi connectivity index (χ2n) is 5.09. The molecule has 0 spiro atoms. The molecule has 19 heavy (non-hydrogen) atoms. The van der Waals surface area contributed by atoms with Gasteiger partial charge < -0.3 is 0 Å². The standard InChI is InChI=1S/C10H18.C9H16/c1-3-5-7-9-10-8-6-4-2;1-3-5-7-9-8-6-4-2/h1H,4-10H2,2H3;1H,4-9H2,2H3. The Labute approximate surface area is 122 Å². The molecule has 0 radical (unpaired) electrons. The first-order valence-electron chi connectivity index (χ1n) is 8.20. The Hall–Kier alpha value is -0.880. The third-order valence-corrected chi connectivity index (χ3v) is 3.10. The van der Waals surface area contributed by atoms with Crippen molar-refractivity contribution in [3.05, 3.63) is 0 Å². The number of rotatable bonds is 11. The van der Waals surface area contributed by atoms with Crippen LogP contribution in [0.25, 0.3) is 0 Å².